The Balaban J connectivity index is 2.78. The Labute approximate surface area is 103 Å². The third-order valence-electron chi connectivity index (χ3n) is 1.83. The molecule has 0 amide bonds. The van der Waals surface area contributed by atoms with Crippen LogP contribution in [-0.4, -0.2) is 43.1 Å². The van der Waals surface area contributed by atoms with E-state index in [-0.39, 0.29) is 11.1 Å². The van der Waals surface area contributed by atoms with Crippen molar-refractivity contribution in [2.45, 2.75) is 11.1 Å². The van der Waals surface area contributed by atoms with Crippen molar-refractivity contribution in [1.82, 2.24) is 14.3 Å². The number of methoxy groups -OCH3 is 1. The molecule has 0 saturated carbocycles. The molecule has 1 unspecified atom stereocenters. The molecule has 0 aliphatic rings. The monoisotopic (exact) mass is 311 g/mol. The largest absolute Gasteiger partial charge is 0.383 e. The van der Waals surface area contributed by atoms with Crippen molar-refractivity contribution < 1.29 is 13.2 Å². The number of nitrogens with zero attached hydrogens (tertiary/aromatic N) is 2. The molecule has 0 saturated heterocycles. The average molecular weight is 312 g/mol. The molecular weight excluding hydrogens is 298 g/mol. The minimum atomic E-state index is -3.56. The fraction of sp³-hybridized carbons (Fsp3) is 0.625. The molecule has 1 N–H and O–H groups in total. The molecule has 6 nitrogen and oxygen atoms in total. The van der Waals surface area contributed by atoms with Crippen molar-refractivity contribution in [3.63, 3.8) is 0 Å². The number of halogens is 1. The van der Waals surface area contributed by atoms with E-state index in [1.54, 1.807) is 11.6 Å². The topological polar surface area (TPSA) is 73.2 Å². The van der Waals surface area contributed by atoms with Crippen LogP contribution in [0.2, 0.25) is 0 Å². The first-order valence-electron chi connectivity index (χ1n) is 4.55. The predicted molar refractivity (Wildman–Crippen MR) is 63.0 cm³/mol. The quantitative estimate of drug-likeness (QED) is 0.757. The Morgan fingerprint density at radius 1 is 1.69 bits per heavy atom. The molecule has 16 heavy (non-hydrogen) atoms. The van der Waals surface area contributed by atoms with E-state index in [2.05, 4.69) is 25.6 Å². The SMILES string of the molecule is COCC(CBr)NS(=O)(=O)c1cn(C)cn1. The van der Waals surface area contributed by atoms with E-state index >= 15 is 0 Å². The molecule has 1 atom stereocenters. The van der Waals surface area contributed by atoms with Gasteiger partial charge in [0.15, 0.2) is 5.03 Å². The molecule has 1 rings (SSSR count). The molecule has 0 fully saturated rings. The van der Waals surface area contributed by atoms with Gasteiger partial charge in [-0.3, -0.25) is 0 Å². The molecule has 92 valence electrons. The highest BCUT2D eigenvalue weighted by atomic mass is 79.9. The summed E-state index contributed by atoms with van der Waals surface area (Å²) in [5, 5.41) is 0.490. The van der Waals surface area contributed by atoms with Gasteiger partial charge in [0.25, 0.3) is 10.0 Å². The minimum Gasteiger partial charge on any atom is -0.383 e. The van der Waals surface area contributed by atoms with Gasteiger partial charge in [0, 0.05) is 25.7 Å². The van der Waals surface area contributed by atoms with Crippen molar-refractivity contribution in [2.75, 3.05) is 19.0 Å². The van der Waals surface area contributed by atoms with Gasteiger partial charge in [0.1, 0.15) is 0 Å². The van der Waals surface area contributed by atoms with Crippen LogP contribution in [0.4, 0.5) is 0 Å². The maximum atomic E-state index is 11.8. The van der Waals surface area contributed by atoms with E-state index in [0.717, 1.165) is 0 Å². The molecule has 0 radical (unpaired) electrons. The lowest BCUT2D eigenvalue weighted by Gasteiger charge is -2.13. The van der Waals surface area contributed by atoms with Crippen LogP contribution in [0.1, 0.15) is 0 Å². The Morgan fingerprint density at radius 3 is 2.81 bits per heavy atom. The summed E-state index contributed by atoms with van der Waals surface area (Å²) in [6, 6.07) is -0.308. The van der Waals surface area contributed by atoms with E-state index in [4.69, 9.17) is 4.74 Å². The van der Waals surface area contributed by atoms with Gasteiger partial charge in [-0.05, 0) is 0 Å². The molecule has 8 heteroatoms. The number of rotatable bonds is 6. The highest BCUT2D eigenvalue weighted by Crippen LogP contribution is 2.06. The number of hydrogen-bond acceptors (Lipinski definition) is 4. The van der Waals surface area contributed by atoms with Crippen molar-refractivity contribution in [1.29, 1.82) is 0 Å². The third kappa shape index (κ3) is 3.55. The first-order chi connectivity index (χ1) is 7.49. The summed E-state index contributed by atoms with van der Waals surface area (Å²) in [5.41, 5.74) is 0. The average Bonchev–Trinajstić information content (AvgIpc) is 2.64. The number of ether oxygens (including phenoxy) is 1. The number of nitrogens with one attached hydrogen (secondary N) is 1. The molecule has 0 spiro atoms. The van der Waals surface area contributed by atoms with Crippen molar-refractivity contribution >= 4 is 26.0 Å². The minimum absolute atomic E-state index is 0.0112. The molecule has 0 aliphatic carbocycles. The summed E-state index contributed by atoms with van der Waals surface area (Å²) in [7, 11) is -0.335. The maximum absolute atomic E-state index is 11.8. The Kier molecular flexibility index (Phi) is 4.90. The normalized spacial score (nSPS) is 13.9. The smallest absolute Gasteiger partial charge is 0.259 e. The fourth-order valence-corrected chi connectivity index (χ4v) is 2.88. The van der Waals surface area contributed by atoms with Crippen molar-refractivity contribution in [3.8, 4) is 0 Å². The van der Waals surface area contributed by atoms with Crippen LogP contribution in [0.5, 0.6) is 0 Å². The fourth-order valence-electron chi connectivity index (χ4n) is 1.12. The number of sulfonamides is 1. The van der Waals surface area contributed by atoms with Gasteiger partial charge in [0.2, 0.25) is 0 Å². The second-order valence-electron chi connectivity index (χ2n) is 3.31. The molecule has 0 aliphatic heterocycles. The molecule has 1 aromatic rings. The zero-order valence-corrected chi connectivity index (χ0v) is 11.5. The number of imidazole rings is 1. The number of aryl methyl sites for hydroxylation is 1. The van der Waals surface area contributed by atoms with E-state index in [1.165, 1.54) is 19.6 Å². The molecule has 1 aromatic heterocycles. The Morgan fingerprint density at radius 2 is 2.38 bits per heavy atom. The Hall–Kier alpha value is -0.440. The van der Waals surface area contributed by atoms with Gasteiger partial charge in [-0.2, -0.15) is 0 Å². The highest BCUT2D eigenvalue weighted by molar-refractivity contribution is 9.09. The van der Waals surface area contributed by atoms with Crippen LogP contribution < -0.4 is 4.72 Å². The van der Waals surface area contributed by atoms with Gasteiger partial charge in [0.05, 0.1) is 19.0 Å². The lowest BCUT2D eigenvalue weighted by atomic mass is 10.4. The lowest BCUT2D eigenvalue weighted by Crippen LogP contribution is -2.39. The van der Waals surface area contributed by atoms with E-state index < -0.39 is 10.0 Å². The predicted octanol–water partition coefficient (Wildman–Crippen LogP) is 0.108. The summed E-state index contributed by atoms with van der Waals surface area (Å²) >= 11 is 3.21. The summed E-state index contributed by atoms with van der Waals surface area (Å²) in [4.78, 5) is 3.79. The summed E-state index contributed by atoms with van der Waals surface area (Å²) < 4.78 is 32.6. The van der Waals surface area contributed by atoms with Gasteiger partial charge in [-0.1, -0.05) is 15.9 Å². The molecular formula is C8H14BrN3O3S. The van der Waals surface area contributed by atoms with Crippen LogP contribution >= 0.6 is 15.9 Å². The first-order valence-corrected chi connectivity index (χ1v) is 7.15. The van der Waals surface area contributed by atoms with Crippen molar-refractivity contribution in [3.05, 3.63) is 12.5 Å². The Bertz CT molecular complexity index is 431. The standard InChI is InChI=1S/C8H14BrN3O3S/c1-12-4-8(10-6-12)16(13,14)11-7(3-9)5-15-2/h4,6-7,11H,3,5H2,1-2H3. The van der Waals surface area contributed by atoms with Crippen LogP contribution in [0.3, 0.4) is 0 Å². The third-order valence-corrected chi connectivity index (χ3v) is 4.02. The number of hydrogen-bond donors (Lipinski definition) is 1. The molecule has 1 heterocycles. The summed E-state index contributed by atoms with van der Waals surface area (Å²) in [6.45, 7) is 0.303. The maximum Gasteiger partial charge on any atom is 0.259 e. The van der Waals surface area contributed by atoms with Gasteiger partial charge in [-0.15, -0.1) is 0 Å². The zero-order chi connectivity index (χ0) is 12.2. The van der Waals surface area contributed by atoms with Crippen LogP contribution in [-0.2, 0) is 21.8 Å². The number of alkyl halides is 1. The first kappa shape index (κ1) is 13.6. The van der Waals surface area contributed by atoms with Crippen LogP contribution in [0, 0.1) is 0 Å². The summed E-state index contributed by atoms with van der Waals surface area (Å²) in [5.74, 6) is 0. The lowest BCUT2D eigenvalue weighted by molar-refractivity contribution is 0.182. The van der Waals surface area contributed by atoms with Crippen LogP contribution in [0.25, 0.3) is 0 Å². The number of aromatic nitrogens is 2. The second kappa shape index (κ2) is 5.76. The second-order valence-corrected chi connectivity index (χ2v) is 5.61. The van der Waals surface area contributed by atoms with Gasteiger partial charge in [-0.25, -0.2) is 18.1 Å². The van der Waals surface area contributed by atoms with E-state index in [0.29, 0.717) is 11.9 Å². The zero-order valence-electron chi connectivity index (χ0n) is 9.05. The van der Waals surface area contributed by atoms with E-state index in [9.17, 15) is 8.42 Å². The van der Waals surface area contributed by atoms with Gasteiger partial charge < -0.3 is 9.30 Å². The van der Waals surface area contributed by atoms with Gasteiger partial charge >= 0.3 is 0 Å². The summed E-state index contributed by atoms with van der Waals surface area (Å²) in [6.07, 6.45) is 2.88. The highest BCUT2D eigenvalue weighted by Gasteiger charge is 2.21. The molecule has 0 aromatic carbocycles. The van der Waals surface area contributed by atoms with E-state index in [1.807, 2.05) is 0 Å². The van der Waals surface area contributed by atoms with Crippen LogP contribution in [0.15, 0.2) is 17.6 Å². The molecule has 0 bridgehead atoms. The van der Waals surface area contributed by atoms with Crippen molar-refractivity contribution in [2.24, 2.45) is 7.05 Å².